The molecule has 0 N–H and O–H groups in total. The molecule has 0 spiro atoms. The lowest BCUT2D eigenvalue weighted by molar-refractivity contribution is -0.123. The predicted octanol–water partition coefficient (Wildman–Crippen LogP) is 4.59. The molecule has 1 aliphatic heterocycles. The van der Waals surface area contributed by atoms with E-state index in [4.69, 9.17) is 4.74 Å². The number of carbonyl (C=O) groups is 3. The van der Waals surface area contributed by atoms with Crippen LogP contribution in [-0.2, 0) is 9.59 Å². The van der Waals surface area contributed by atoms with Gasteiger partial charge in [0, 0.05) is 0 Å². The number of esters is 1. The molecule has 6 rings (SSSR count). The van der Waals surface area contributed by atoms with Gasteiger partial charge in [0.15, 0.2) is 0 Å². The van der Waals surface area contributed by atoms with Crippen LogP contribution in [-0.4, -0.2) is 17.8 Å². The topological polar surface area (TPSA) is 63.7 Å². The highest BCUT2D eigenvalue weighted by Gasteiger charge is 2.61. The zero-order valence-corrected chi connectivity index (χ0v) is 16.9. The minimum atomic E-state index is -0.476. The molecule has 3 aromatic carbocycles. The molecular formula is C26H21NO4. The Morgan fingerprint density at radius 2 is 1.45 bits per heavy atom. The smallest absolute Gasteiger partial charge is 0.343 e. The van der Waals surface area contributed by atoms with E-state index in [-0.39, 0.29) is 23.7 Å². The second kappa shape index (κ2) is 6.77. The molecule has 3 aliphatic rings. The number of nitrogens with zero attached hydrogens (tertiary/aromatic N) is 1. The van der Waals surface area contributed by atoms with Gasteiger partial charge < -0.3 is 4.74 Å². The molecule has 3 aromatic rings. The standard InChI is InChI=1S/C26H21NO4/c28-24-22-18-5-6-19(13-18)23(22)25(29)27(24)20-10-7-16(8-11-20)26(30)31-21-12-9-15-3-1-2-4-17(15)14-21/h1-4,7-12,14,18-19,22-23H,5-6,13H2/t18-,19+,22-,23-/m0/s1. The lowest BCUT2D eigenvalue weighted by atomic mass is 9.81. The predicted molar refractivity (Wildman–Crippen MR) is 116 cm³/mol. The van der Waals surface area contributed by atoms with Crippen LogP contribution < -0.4 is 9.64 Å². The van der Waals surface area contributed by atoms with Gasteiger partial charge in [0.1, 0.15) is 5.75 Å². The van der Waals surface area contributed by atoms with Crippen LogP contribution in [0.25, 0.3) is 10.8 Å². The van der Waals surface area contributed by atoms with Crippen molar-refractivity contribution in [1.29, 1.82) is 0 Å². The molecule has 2 bridgehead atoms. The van der Waals surface area contributed by atoms with E-state index in [1.54, 1.807) is 30.3 Å². The first kappa shape index (κ1) is 18.3. The lowest BCUT2D eigenvalue weighted by Crippen LogP contribution is -2.32. The Labute approximate surface area is 179 Å². The van der Waals surface area contributed by atoms with Gasteiger partial charge in [-0.3, -0.25) is 14.5 Å². The van der Waals surface area contributed by atoms with Crippen molar-refractivity contribution in [3.8, 4) is 5.75 Å². The van der Waals surface area contributed by atoms with E-state index in [1.807, 2.05) is 36.4 Å². The highest BCUT2D eigenvalue weighted by atomic mass is 16.5. The number of fused-ring (bicyclic) bond motifs is 6. The van der Waals surface area contributed by atoms with E-state index in [0.717, 1.165) is 30.0 Å². The molecule has 31 heavy (non-hydrogen) atoms. The fourth-order valence-electron chi connectivity index (χ4n) is 5.81. The Balaban J connectivity index is 1.21. The Kier molecular flexibility index (Phi) is 4.00. The van der Waals surface area contributed by atoms with Gasteiger partial charge >= 0.3 is 5.97 Å². The van der Waals surface area contributed by atoms with Gasteiger partial charge in [-0.15, -0.1) is 0 Å². The normalized spacial score (nSPS) is 26.5. The van der Waals surface area contributed by atoms with Gasteiger partial charge in [-0.1, -0.05) is 30.3 Å². The maximum absolute atomic E-state index is 13.0. The van der Waals surface area contributed by atoms with Crippen LogP contribution in [0.15, 0.2) is 66.7 Å². The van der Waals surface area contributed by atoms with E-state index in [2.05, 4.69) is 0 Å². The molecular weight excluding hydrogens is 390 g/mol. The van der Waals surface area contributed by atoms with E-state index < -0.39 is 5.97 Å². The van der Waals surface area contributed by atoms with Crippen molar-refractivity contribution < 1.29 is 19.1 Å². The first-order valence-corrected chi connectivity index (χ1v) is 10.8. The van der Waals surface area contributed by atoms with Crippen molar-refractivity contribution >= 4 is 34.2 Å². The summed E-state index contributed by atoms with van der Waals surface area (Å²) in [5, 5.41) is 2.07. The van der Waals surface area contributed by atoms with Crippen LogP contribution in [0.3, 0.4) is 0 Å². The van der Waals surface area contributed by atoms with E-state index in [0.29, 0.717) is 28.8 Å². The molecule has 1 heterocycles. The third-order valence-corrected chi connectivity index (χ3v) is 7.22. The highest BCUT2D eigenvalue weighted by molar-refractivity contribution is 6.22. The van der Waals surface area contributed by atoms with Gasteiger partial charge in [-0.2, -0.15) is 0 Å². The van der Waals surface area contributed by atoms with Crippen molar-refractivity contribution in [2.75, 3.05) is 4.90 Å². The zero-order valence-electron chi connectivity index (χ0n) is 16.9. The molecule has 3 fully saturated rings. The highest BCUT2D eigenvalue weighted by Crippen LogP contribution is 2.56. The summed E-state index contributed by atoms with van der Waals surface area (Å²) in [6.45, 7) is 0. The quantitative estimate of drug-likeness (QED) is 0.359. The second-order valence-electron chi connectivity index (χ2n) is 8.84. The van der Waals surface area contributed by atoms with Crippen LogP contribution >= 0.6 is 0 Å². The Morgan fingerprint density at radius 3 is 2.13 bits per heavy atom. The number of carbonyl (C=O) groups excluding carboxylic acids is 3. The number of ether oxygens (including phenoxy) is 1. The van der Waals surface area contributed by atoms with Crippen LogP contribution in [0, 0.1) is 23.7 Å². The number of rotatable bonds is 3. The minimum Gasteiger partial charge on any atom is -0.423 e. The molecule has 2 aliphatic carbocycles. The molecule has 5 heteroatoms. The van der Waals surface area contributed by atoms with Crippen molar-refractivity contribution in [2.24, 2.45) is 23.7 Å². The summed E-state index contributed by atoms with van der Waals surface area (Å²) in [6.07, 6.45) is 3.12. The van der Waals surface area contributed by atoms with E-state index >= 15 is 0 Å². The molecule has 5 nitrogen and oxygen atoms in total. The monoisotopic (exact) mass is 411 g/mol. The molecule has 4 atom stereocenters. The summed E-state index contributed by atoms with van der Waals surface area (Å²) in [5.74, 6) is 0.257. The van der Waals surface area contributed by atoms with Crippen LogP contribution in [0.5, 0.6) is 5.75 Å². The lowest BCUT2D eigenvalue weighted by Gasteiger charge is -2.19. The minimum absolute atomic E-state index is 0.0753. The first-order valence-electron chi connectivity index (χ1n) is 10.8. The van der Waals surface area contributed by atoms with E-state index in [9.17, 15) is 14.4 Å². The molecule has 2 amide bonds. The first-order chi connectivity index (χ1) is 15.1. The third-order valence-electron chi connectivity index (χ3n) is 7.22. The zero-order chi connectivity index (χ0) is 21.1. The maximum Gasteiger partial charge on any atom is 0.343 e. The second-order valence-corrected chi connectivity index (χ2v) is 8.84. The van der Waals surface area contributed by atoms with Crippen LogP contribution in [0.1, 0.15) is 29.6 Å². The number of imide groups is 1. The van der Waals surface area contributed by atoms with Gasteiger partial charge in [-0.05, 0) is 78.3 Å². The van der Waals surface area contributed by atoms with Crippen molar-refractivity contribution in [3.63, 3.8) is 0 Å². The number of anilines is 1. The van der Waals surface area contributed by atoms with Crippen molar-refractivity contribution in [2.45, 2.75) is 19.3 Å². The number of hydrogen-bond acceptors (Lipinski definition) is 4. The van der Waals surface area contributed by atoms with Gasteiger partial charge in [0.2, 0.25) is 11.8 Å². The summed E-state index contributed by atoms with van der Waals surface area (Å²) in [6, 6.07) is 19.9. The Hall–Kier alpha value is -3.47. The molecule has 0 unspecified atom stereocenters. The average molecular weight is 411 g/mol. The SMILES string of the molecule is O=C(Oc1ccc2ccccc2c1)c1ccc(N2C(=O)[C@H]3[C@@H]4CC[C@@H](C4)[C@@H]3C2=O)cc1. The average Bonchev–Trinajstić information content (AvgIpc) is 3.47. The largest absolute Gasteiger partial charge is 0.423 e. The van der Waals surface area contributed by atoms with Crippen molar-refractivity contribution in [1.82, 2.24) is 0 Å². The molecule has 0 aromatic heterocycles. The third kappa shape index (κ3) is 2.80. The molecule has 2 saturated carbocycles. The summed E-state index contributed by atoms with van der Waals surface area (Å²) < 4.78 is 5.53. The maximum atomic E-state index is 13.0. The fraction of sp³-hybridized carbons (Fsp3) is 0.269. The Morgan fingerprint density at radius 1 is 0.806 bits per heavy atom. The fourth-order valence-corrected chi connectivity index (χ4v) is 5.81. The van der Waals surface area contributed by atoms with Gasteiger partial charge in [0.25, 0.3) is 0 Å². The van der Waals surface area contributed by atoms with Gasteiger partial charge in [-0.25, -0.2) is 4.79 Å². The van der Waals surface area contributed by atoms with Crippen molar-refractivity contribution in [3.05, 3.63) is 72.3 Å². The summed E-state index contributed by atoms with van der Waals surface area (Å²) >= 11 is 0. The van der Waals surface area contributed by atoms with Gasteiger partial charge in [0.05, 0.1) is 23.1 Å². The number of amides is 2. The number of benzene rings is 3. The van der Waals surface area contributed by atoms with E-state index in [1.165, 1.54) is 4.90 Å². The molecule has 154 valence electrons. The van der Waals surface area contributed by atoms with Crippen LogP contribution in [0.4, 0.5) is 5.69 Å². The summed E-state index contributed by atoms with van der Waals surface area (Å²) in [4.78, 5) is 39.9. The summed E-state index contributed by atoms with van der Waals surface area (Å²) in [7, 11) is 0. The molecule has 1 saturated heterocycles. The molecule has 0 radical (unpaired) electrons. The Bertz CT molecular complexity index is 1200. The number of hydrogen-bond donors (Lipinski definition) is 0. The van der Waals surface area contributed by atoms with Crippen LogP contribution in [0.2, 0.25) is 0 Å². The summed E-state index contributed by atoms with van der Waals surface area (Å²) in [5.41, 5.74) is 0.905.